The fraction of sp³-hybridized carbons (Fsp3) is 0.360. The van der Waals surface area contributed by atoms with Gasteiger partial charge in [-0.3, -0.25) is 19.2 Å². The van der Waals surface area contributed by atoms with Gasteiger partial charge in [0.2, 0.25) is 0 Å². The van der Waals surface area contributed by atoms with Crippen molar-refractivity contribution in [2.24, 2.45) is 23.7 Å². The van der Waals surface area contributed by atoms with Gasteiger partial charge in [-0.15, -0.1) is 0 Å². The van der Waals surface area contributed by atoms with Gasteiger partial charge in [0.15, 0.2) is 18.2 Å². The van der Waals surface area contributed by atoms with Crippen molar-refractivity contribution in [3.8, 4) is 0 Å². The molecule has 0 radical (unpaired) electrons. The summed E-state index contributed by atoms with van der Waals surface area (Å²) in [4.78, 5) is 49.5. The molecule has 2 aliphatic carbocycles. The first-order valence-electron chi connectivity index (χ1n) is 10.6. The largest absolute Gasteiger partial charge is 0.455 e. The summed E-state index contributed by atoms with van der Waals surface area (Å²) in [6, 6.07) is 15.6. The van der Waals surface area contributed by atoms with Gasteiger partial charge in [0.05, 0.1) is 5.92 Å². The van der Waals surface area contributed by atoms with Crippen LogP contribution in [0.4, 0.5) is 5.69 Å². The molecule has 0 saturated heterocycles. The van der Waals surface area contributed by atoms with E-state index in [2.05, 4.69) is 5.32 Å². The number of hydrogen-bond acceptors (Lipinski definition) is 5. The lowest BCUT2D eigenvalue weighted by atomic mass is 9.75. The lowest BCUT2D eigenvalue weighted by Crippen LogP contribution is -2.37. The molecule has 0 unspecified atom stereocenters. The number of benzene rings is 2. The number of esters is 1. The van der Waals surface area contributed by atoms with Crippen molar-refractivity contribution in [1.29, 1.82) is 0 Å². The number of amides is 1. The van der Waals surface area contributed by atoms with Crippen molar-refractivity contribution in [1.82, 2.24) is 0 Å². The Bertz CT molecular complexity index is 998. The molecule has 1 amide bonds. The highest BCUT2D eigenvalue weighted by Crippen LogP contribution is 2.53. The molecule has 0 heterocycles. The lowest BCUT2D eigenvalue weighted by Gasteiger charge is -2.28. The maximum Gasteiger partial charge on any atom is 0.310 e. The third-order valence-corrected chi connectivity index (χ3v) is 6.47. The first kappa shape index (κ1) is 21.0. The minimum absolute atomic E-state index is 0.00948. The van der Waals surface area contributed by atoms with Gasteiger partial charge in [0.25, 0.3) is 5.91 Å². The van der Waals surface area contributed by atoms with E-state index in [1.807, 2.05) is 18.2 Å². The molecule has 2 fully saturated rings. The molecule has 0 aliphatic heterocycles. The van der Waals surface area contributed by atoms with Crippen LogP contribution in [0.2, 0.25) is 0 Å². The Kier molecular flexibility index (Phi) is 5.98. The highest BCUT2D eigenvalue weighted by Gasteiger charge is 2.54. The topological polar surface area (TPSA) is 89.5 Å². The van der Waals surface area contributed by atoms with Gasteiger partial charge in [-0.1, -0.05) is 30.3 Å². The first-order chi connectivity index (χ1) is 14.9. The summed E-state index contributed by atoms with van der Waals surface area (Å²) in [7, 11) is 0. The Hall–Kier alpha value is -3.28. The van der Waals surface area contributed by atoms with E-state index in [1.165, 1.54) is 6.92 Å². The van der Waals surface area contributed by atoms with E-state index in [-0.39, 0.29) is 29.3 Å². The zero-order valence-electron chi connectivity index (χ0n) is 17.4. The maximum absolute atomic E-state index is 13.1. The van der Waals surface area contributed by atoms with Crippen LogP contribution in [-0.4, -0.2) is 30.0 Å². The van der Waals surface area contributed by atoms with Crippen LogP contribution >= 0.6 is 0 Å². The fourth-order valence-corrected chi connectivity index (χ4v) is 5.02. The molecule has 2 aromatic rings. The Morgan fingerprint density at radius 1 is 0.871 bits per heavy atom. The van der Waals surface area contributed by atoms with Gasteiger partial charge in [-0.2, -0.15) is 0 Å². The molecule has 6 heteroatoms. The fourth-order valence-electron chi connectivity index (χ4n) is 5.02. The second kappa shape index (κ2) is 8.84. The summed E-state index contributed by atoms with van der Waals surface area (Å²) in [5.41, 5.74) is 1.68. The number of anilines is 1. The number of Topliss-reactive ketones (excluding diaryl/α,β-unsaturated/α-hetero) is 2. The smallest absolute Gasteiger partial charge is 0.310 e. The van der Waals surface area contributed by atoms with Crippen LogP contribution in [-0.2, 0) is 14.3 Å². The van der Waals surface area contributed by atoms with Crippen LogP contribution in [0, 0.1) is 23.7 Å². The van der Waals surface area contributed by atoms with Crippen molar-refractivity contribution < 1.29 is 23.9 Å². The summed E-state index contributed by atoms with van der Waals surface area (Å²) in [6.45, 7) is 1.06. The Morgan fingerprint density at radius 2 is 1.52 bits per heavy atom. The Balaban J connectivity index is 1.37. The van der Waals surface area contributed by atoms with Crippen molar-refractivity contribution in [2.75, 3.05) is 11.9 Å². The number of ether oxygens (including phenoxy) is 1. The van der Waals surface area contributed by atoms with E-state index in [0.29, 0.717) is 16.8 Å². The summed E-state index contributed by atoms with van der Waals surface area (Å²) in [6.07, 6.45) is 2.73. The van der Waals surface area contributed by atoms with E-state index in [4.69, 9.17) is 4.74 Å². The van der Waals surface area contributed by atoms with Crippen molar-refractivity contribution in [3.63, 3.8) is 0 Å². The molecule has 0 aromatic heterocycles. The SMILES string of the molecule is CC(=O)c1ccc(NC(=O)COC(=O)[C@@H]2[C@@H]3CC[C@@H](C3)[C@@H]2C(=O)c2ccccc2)cc1. The van der Waals surface area contributed by atoms with Crippen LogP contribution in [0.5, 0.6) is 0 Å². The summed E-state index contributed by atoms with van der Waals surface area (Å²) >= 11 is 0. The number of ketones is 2. The number of carbonyl (C=O) groups is 4. The molecule has 4 atom stereocenters. The summed E-state index contributed by atoms with van der Waals surface area (Å²) in [5.74, 6) is -1.53. The van der Waals surface area contributed by atoms with Crippen LogP contribution in [0.25, 0.3) is 0 Å². The third-order valence-electron chi connectivity index (χ3n) is 6.47. The second-order valence-electron chi connectivity index (χ2n) is 8.40. The van der Waals surface area contributed by atoms with Gasteiger partial charge in [-0.25, -0.2) is 0 Å². The van der Waals surface area contributed by atoms with Crippen LogP contribution in [0.1, 0.15) is 46.9 Å². The van der Waals surface area contributed by atoms with Crippen LogP contribution in [0.15, 0.2) is 54.6 Å². The Morgan fingerprint density at radius 3 is 2.16 bits per heavy atom. The van der Waals surface area contributed by atoms with Gasteiger partial charge < -0.3 is 10.1 Å². The number of rotatable bonds is 7. The quantitative estimate of drug-likeness (QED) is 0.543. The molecule has 0 spiro atoms. The molecule has 2 bridgehead atoms. The zero-order valence-corrected chi connectivity index (χ0v) is 17.4. The zero-order chi connectivity index (χ0) is 22.0. The number of carbonyl (C=O) groups excluding carboxylic acids is 4. The molecule has 6 nitrogen and oxygen atoms in total. The summed E-state index contributed by atoms with van der Waals surface area (Å²) < 4.78 is 5.33. The molecular weight excluding hydrogens is 394 g/mol. The van der Waals surface area contributed by atoms with E-state index < -0.39 is 24.4 Å². The van der Waals surface area contributed by atoms with Gasteiger partial charge in [0, 0.05) is 22.7 Å². The van der Waals surface area contributed by atoms with E-state index >= 15 is 0 Å². The van der Waals surface area contributed by atoms with Crippen LogP contribution in [0.3, 0.4) is 0 Å². The minimum atomic E-state index is -0.492. The normalized spacial score (nSPS) is 23.9. The lowest BCUT2D eigenvalue weighted by molar-refractivity contribution is -0.154. The van der Waals surface area contributed by atoms with Crippen molar-refractivity contribution in [3.05, 3.63) is 65.7 Å². The van der Waals surface area contributed by atoms with E-state index in [1.54, 1.807) is 36.4 Å². The molecule has 1 N–H and O–H groups in total. The average Bonchev–Trinajstić information content (AvgIpc) is 3.40. The number of nitrogens with one attached hydrogen (secondary N) is 1. The molecular formula is C25H25NO5. The highest BCUT2D eigenvalue weighted by atomic mass is 16.5. The first-order valence-corrected chi connectivity index (χ1v) is 10.6. The molecule has 4 rings (SSSR count). The van der Waals surface area contributed by atoms with Gasteiger partial charge in [0.1, 0.15) is 0 Å². The molecule has 2 aromatic carbocycles. The minimum Gasteiger partial charge on any atom is -0.455 e. The molecule has 160 valence electrons. The van der Waals surface area contributed by atoms with E-state index in [9.17, 15) is 19.2 Å². The standard InChI is InChI=1S/C25H25NO5/c1-15(27)16-9-11-20(12-10-16)26-21(28)14-31-25(30)23-19-8-7-18(13-19)22(23)24(29)17-5-3-2-4-6-17/h2-6,9-12,18-19,22-23H,7-8,13-14H2,1H3,(H,26,28)/t18-,19+,22-,23+/m0/s1. The van der Waals surface area contributed by atoms with Gasteiger partial charge >= 0.3 is 5.97 Å². The van der Waals surface area contributed by atoms with Crippen molar-refractivity contribution in [2.45, 2.75) is 26.2 Å². The van der Waals surface area contributed by atoms with Crippen LogP contribution < -0.4 is 5.32 Å². The predicted octanol–water partition coefficient (Wildman–Crippen LogP) is 3.92. The molecule has 2 saturated carbocycles. The second-order valence-corrected chi connectivity index (χ2v) is 8.40. The average molecular weight is 419 g/mol. The van der Waals surface area contributed by atoms with Crippen molar-refractivity contribution >= 4 is 29.1 Å². The molecule has 2 aliphatic rings. The Labute approximate surface area is 181 Å². The van der Waals surface area contributed by atoms with Gasteiger partial charge in [-0.05, 0) is 62.3 Å². The van der Waals surface area contributed by atoms with E-state index in [0.717, 1.165) is 19.3 Å². The number of fused-ring (bicyclic) bond motifs is 2. The summed E-state index contributed by atoms with van der Waals surface area (Å²) in [5, 5.41) is 2.65. The predicted molar refractivity (Wildman–Crippen MR) is 115 cm³/mol. The third kappa shape index (κ3) is 4.43. The molecule has 31 heavy (non-hydrogen) atoms. The number of hydrogen-bond donors (Lipinski definition) is 1. The highest BCUT2D eigenvalue weighted by molar-refractivity contribution is 6.01. The monoisotopic (exact) mass is 419 g/mol. The maximum atomic E-state index is 13.1.